The molecule has 0 radical (unpaired) electrons. The van der Waals surface area contributed by atoms with Gasteiger partial charge in [0.05, 0.1) is 11.6 Å². The number of rotatable bonds is 0. The number of hydrogen-bond donors (Lipinski definition) is 0. The SMILES string of the molecule is N#Cc1cccc2cc(I)c(Br)cc12. The second-order valence-corrected chi connectivity index (χ2v) is 4.92. The van der Waals surface area contributed by atoms with Crippen molar-refractivity contribution in [2.45, 2.75) is 0 Å². The third kappa shape index (κ3) is 1.64. The number of halogens is 2. The lowest BCUT2D eigenvalue weighted by Gasteiger charge is -2.02. The largest absolute Gasteiger partial charge is 0.192 e. The Morgan fingerprint density at radius 2 is 2.07 bits per heavy atom. The summed E-state index contributed by atoms with van der Waals surface area (Å²) in [7, 11) is 0. The predicted octanol–water partition coefficient (Wildman–Crippen LogP) is 4.08. The third-order valence-corrected chi connectivity index (χ3v) is 4.33. The van der Waals surface area contributed by atoms with Crippen LogP contribution in [0.3, 0.4) is 0 Å². The molecule has 0 N–H and O–H groups in total. The van der Waals surface area contributed by atoms with E-state index in [1.54, 1.807) is 0 Å². The molecule has 0 unspecified atom stereocenters. The molecule has 2 aromatic rings. The zero-order valence-corrected chi connectivity index (χ0v) is 10.8. The lowest BCUT2D eigenvalue weighted by Crippen LogP contribution is -1.82. The van der Waals surface area contributed by atoms with Crippen LogP contribution in [-0.2, 0) is 0 Å². The van der Waals surface area contributed by atoms with Gasteiger partial charge in [0, 0.05) is 13.4 Å². The van der Waals surface area contributed by atoms with E-state index in [2.05, 4.69) is 50.7 Å². The monoisotopic (exact) mass is 357 g/mol. The molecule has 0 bridgehead atoms. The van der Waals surface area contributed by atoms with Gasteiger partial charge in [-0.25, -0.2) is 0 Å². The topological polar surface area (TPSA) is 23.8 Å². The van der Waals surface area contributed by atoms with Crippen LogP contribution in [-0.4, -0.2) is 0 Å². The molecule has 0 saturated heterocycles. The van der Waals surface area contributed by atoms with E-state index in [4.69, 9.17) is 5.26 Å². The van der Waals surface area contributed by atoms with Crippen molar-refractivity contribution in [2.75, 3.05) is 0 Å². The van der Waals surface area contributed by atoms with Crippen molar-refractivity contribution < 1.29 is 0 Å². The van der Waals surface area contributed by atoms with E-state index >= 15 is 0 Å². The Kier molecular flexibility index (Phi) is 2.75. The highest BCUT2D eigenvalue weighted by atomic mass is 127. The minimum Gasteiger partial charge on any atom is -0.192 e. The van der Waals surface area contributed by atoms with Crippen molar-refractivity contribution in [3.05, 3.63) is 43.9 Å². The molecular weight excluding hydrogens is 353 g/mol. The van der Waals surface area contributed by atoms with Crippen molar-refractivity contribution in [2.24, 2.45) is 0 Å². The lowest BCUT2D eigenvalue weighted by molar-refractivity contribution is 1.50. The van der Waals surface area contributed by atoms with Crippen LogP contribution in [0.15, 0.2) is 34.8 Å². The van der Waals surface area contributed by atoms with E-state index < -0.39 is 0 Å². The molecule has 2 rings (SSSR count). The summed E-state index contributed by atoms with van der Waals surface area (Å²) in [6, 6.07) is 12.0. The average molecular weight is 358 g/mol. The molecule has 0 aliphatic rings. The molecule has 0 fully saturated rings. The van der Waals surface area contributed by atoms with Crippen LogP contribution >= 0.6 is 38.5 Å². The zero-order chi connectivity index (χ0) is 10.1. The highest BCUT2D eigenvalue weighted by molar-refractivity contribution is 14.1. The maximum Gasteiger partial charge on any atom is 0.0998 e. The molecule has 0 aliphatic carbocycles. The molecule has 14 heavy (non-hydrogen) atoms. The Hall–Kier alpha value is -0.600. The highest BCUT2D eigenvalue weighted by Gasteiger charge is 2.03. The summed E-state index contributed by atoms with van der Waals surface area (Å²) >= 11 is 5.73. The van der Waals surface area contributed by atoms with Gasteiger partial charge in [0.15, 0.2) is 0 Å². The molecule has 0 heterocycles. The summed E-state index contributed by atoms with van der Waals surface area (Å²) in [4.78, 5) is 0. The second kappa shape index (κ2) is 3.87. The first kappa shape index (κ1) is 9.94. The van der Waals surface area contributed by atoms with Crippen molar-refractivity contribution in [3.63, 3.8) is 0 Å². The van der Waals surface area contributed by atoms with E-state index in [-0.39, 0.29) is 0 Å². The van der Waals surface area contributed by atoms with Gasteiger partial charge in [0.2, 0.25) is 0 Å². The quantitative estimate of drug-likeness (QED) is 0.652. The number of hydrogen-bond acceptors (Lipinski definition) is 1. The third-order valence-electron chi connectivity index (χ3n) is 2.04. The van der Waals surface area contributed by atoms with Crippen LogP contribution in [0.5, 0.6) is 0 Å². The molecular formula is C11H5BrIN. The van der Waals surface area contributed by atoms with Crippen LogP contribution in [0.1, 0.15) is 5.56 Å². The fourth-order valence-electron chi connectivity index (χ4n) is 1.37. The van der Waals surface area contributed by atoms with Crippen molar-refractivity contribution in [1.29, 1.82) is 5.26 Å². The Morgan fingerprint density at radius 3 is 2.79 bits per heavy atom. The Balaban J connectivity index is 2.90. The number of fused-ring (bicyclic) bond motifs is 1. The molecule has 1 nitrogen and oxygen atoms in total. The average Bonchev–Trinajstić information content (AvgIpc) is 2.19. The summed E-state index contributed by atoms with van der Waals surface area (Å²) in [5.41, 5.74) is 0.722. The maximum absolute atomic E-state index is 8.93. The van der Waals surface area contributed by atoms with E-state index in [0.717, 1.165) is 24.4 Å². The molecule has 68 valence electrons. The number of nitriles is 1. The summed E-state index contributed by atoms with van der Waals surface area (Å²) in [5, 5.41) is 11.0. The normalized spacial score (nSPS) is 10.1. The van der Waals surface area contributed by atoms with Crippen LogP contribution in [0.4, 0.5) is 0 Å². The fourth-order valence-corrected chi connectivity index (χ4v) is 2.20. The maximum atomic E-state index is 8.93. The molecule has 0 spiro atoms. The second-order valence-electron chi connectivity index (χ2n) is 2.90. The van der Waals surface area contributed by atoms with Crippen LogP contribution < -0.4 is 0 Å². The smallest absolute Gasteiger partial charge is 0.0998 e. The molecule has 0 saturated carbocycles. The van der Waals surface area contributed by atoms with E-state index in [0.29, 0.717) is 0 Å². The highest BCUT2D eigenvalue weighted by Crippen LogP contribution is 2.27. The molecule has 0 aromatic heterocycles. The fraction of sp³-hybridized carbons (Fsp3) is 0. The van der Waals surface area contributed by atoms with Gasteiger partial charge in [0.1, 0.15) is 0 Å². The number of benzene rings is 2. The first-order chi connectivity index (χ1) is 6.72. The van der Waals surface area contributed by atoms with Crippen LogP contribution in [0.25, 0.3) is 10.8 Å². The van der Waals surface area contributed by atoms with Gasteiger partial charge in [-0.05, 0) is 62.1 Å². The summed E-state index contributed by atoms with van der Waals surface area (Å²) < 4.78 is 2.19. The predicted molar refractivity (Wildman–Crippen MR) is 69.1 cm³/mol. The first-order valence-corrected chi connectivity index (χ1v) is 5.87. The Morgan fingerprint density at radius 1 is 1.29 bits per heavy atom. The van der Waals surface area contributed by atoms with E-state index in [1.165, 1.54) is 0 Å². The standard InChI is InChI=1S/C11H5BrIN/c12-10-5-9-7(4-11(10)13)2-1-3-8(9)6-14/h1-5H. The lowest BCUT2D eigenvalue weighted by atomic mass is 10.1. The number of nitrogens with zero attached hydrogens (tertiary/aromatic N) is 1. The summed E-state index contributed by atoms with van der Waals surface area (Å²) in [6.45, 7) is 0. The van der Waals surface area contributed by atoms with Gasteiger partial charge in [0.25, 0.3) is 0 Å². The molecule has 0 amide bonds. The van der Waals surface area contributed by atoms with Gasteiger partial charge >= 0.3 is 0 Å². The molecule has 2 aromatic carbocycles. The summed E-state index contributed by atoms with van der Waals surface area (Å²) in [5.74, 6) is 0. The minimum atomic E-state index is 0.722. The van der Waals surface area contributed by atoms with Crippen molar-refractivity contribution in [1.82, 2.24) is 0 Å². The molecule has 0 atom stereocenters. The van der Waals surface area contributed by atoms with Crippen molar-refractivity contribution in [3.8, 4) is 6.07 Å². The van der Waals surface area contributed by atoms with E-state index in [1.807, 2.05) is 24.3 Å². The van der Waals surface area contributed by atoms with Crippen molar-refractivity contribution >= 4 is 49.3 Å². The first-order valence-electron chi connectivity index (χ1n) is 4.00. The molecule has 0 aliphatic heterocycles. The van der Waals surface area contributed by atoms with Crippen LogP contribution in [0.2, 0.25) is 0 Å². The van der Waals surface area contributed by atoms with Gasteiger partial charge in [-0.2, -0.15) is 5.26 Å². The minimum absolute atomic E-state index is 0.722. The zero-order valence-electron chi connectivity index (χ0n) is 7.09. The summed E-state index contributed by atoms with van der Waals surface area (Å²) in [6.07, 6.45) is 0. The van der Waals surface area contributed by atoms with Gasteiger partial charge in [-0.3, -0.25) is 0 Å². The Bertz CT molecular complexity index is 543. The van der Waals surface area contributed by atoms with Crippen LogP contribution in [0, 0.1) is 14.9 Å². The Labute approximate surface area is 104 Å². The molecule has 3 heteroatoms. The van der Waals surface area contributed by atoms with Gasteiger partial charge in [-0.1, -0.05) is 12.1 Å². The van der Waals surface area contributed by atoms with Gasteiger partial charge < -0.3 is 0 Å². The van der Waals surface area contributed by atoms with E-state index in [9.17, 15) is 0 Å². The van der Waals surface area contributed by atoms with Gasteiger partial charge in [-0.15, -0.1) is 0 Å².